The molecule has 1 aliphatic rings. The maximum atomic E-state index is 10.2. The molecule has 0 aromatic heterocycles. The van der Waals surface area contributed by atoms with Crippen molar-refractivity contribution < 1.29 is 19.7 Å². The molecule has 0 saturated carbocycles. The average Bonchev–Trinajstić information content (AvgIpc) is 2.77. The second kappa shape index (κ2) is 9.34. The van der Waals surface area contributed by atoms with E-state index in [1.165, 1.54) is 5.56 Å². The van der Waals surface area contributed by atoms with Crippen LogP contribution >= 0.6 is 0 Å². The van der Waals surface area contributed by atoms with Crippen LogP contribution in [0.2, 0.25) is 0 Å². The van der Waals surface area contributed by atoms with Crippen LogP contribution in [0.5, 0.6) is 23.0 Å². The van der Waals surface area contributed by atoms with E-state index >= 15 is 0 Å². The molecule has 4 nitrogen and oxygen atoms in total. The Morgan fingerprint density at radius 2 is 1.48 bits per heavy atom. The van der Waals surface area contributed by atoms with Crippen molar-refractivity contribution in [2.75, 3.05) is 13.7 Å². The first-order chi connectivity index (χ1) is 14.9. The minimum Gasteiger partial charge on any atom is -0.508 e. The van der Waals surface area contributed by atoms with Gasteiger partial charge in [0, 0.05) is 23.0 Å². The zero-order chi connectivity index (χ0) is 22.7. The summed E-state index contributed by atoms with van der Waals surface area (Å²) in [5.74, 6) is 2.30. The van der Waals surface area contributed by atoms with Crippen LogP contribution in [0.4, 0.5) is 0 Å². The number of benzene rings is 3. The summed E-state index contributed by atoms with van der Waals surface area (Å²) in [6, 6.07) is 15.4. The largest absolute Gasteiger partial charge is 0.508 e. The Balaban J connectivity index is 0.00000132. The van der Waals surface area contributed by atoms with Gasteiger partial charge in [0.1, 0.15) is 23.0 Å². The van der Waals surface area contributed by atoms with Gasteiger partial charge in [-0.1, -0.05) is 44.2 Å². The summed E-state index contributed by atoms with van der Waals surface area (Å²) in [6.07, 6.45) is 0. The lowest BCUT2D eigenvalue weighted by molar-refractivity contribution is 0.245. The molecule has 0 fully saturated rings. The predicted octanol–water partition coefficient (Wildman–Crippen LogP) is 6.37. The van der Waals surface area contributed by atoms with Crippen LogP contribution in [0.3, 0.4) is 0 Å². The highest BCUT2D eigenvalue weighted by Crippen LogP contribution is 2.49. The molecule has 0 radical (unpaired) electrons. The number of methoxy groups -OCH3 is 1. The first-order valence-electron chi connectivity index (χ1n) is 10.8. The number of aryl methyl sites for hydroxylation is 2. The van der Waals surface area contributed by atoms with Crippen molar-refractivity contribution in [3.8, 4) is 23.0 Å². The molecular formula is C27H32O4. The zero-order valence-corrected chi connectivity index (χ0v) is 19.2. The molecule has 1 heterocycles. The Morgan fingerprint density at radius 1 is 0.871 bits per heavy atom. The lowest BCUT2D eigenvalue weighted by Gasteiger charge is -2.36. The number of aromatic hydroxyl groups is 2. The standard InChI is InChI=1S/C25H26O4.C2H6/c1-14-11-18(12-15(2)24(14)28-4)23-20-9-10-22(27)16(3)25(20)29-13-21(23)17-5-7-19(26)8-6-17;1-2/h5-12,21,23,26-27H,13H2,1-4H3;1-2H3. The van der Waals surface area contributed by atoms with Crippen molar-refractivity contribution in [1.82, 2.24) is 0 Å². The van der Waals surface area contributed by atoms with E-state index in [0.717, 1.165) is 39.3 Å². The third kappa shape index (κ3) is 4.20. The van der Waals surface area contributed by atoms with E-state index in [2.05, 4.69) is 26.0 Å². The fourth-order valence-electron chi connectivity index (χ4n) is 4.53. The second-order valence-electron chi connectivity index (χ2n) is 7.80. The van der Waals surface area contributed by atoms with Gasteiger partial charge in [-0.15, -0.1) is 0 Å². The van der Waals surface area contributed by atoms with Gasteiger partial charge in [-0.25, -0.2) is 0 Å². The maximum Gasteiger partial charge on any atom is 0.129 e. The number of ether oxygens (including phenoxy) is 2. The number of rotatable bonds is 3. The molecule has 0 aliphatic carbocycles. The molecule has 4 rings (SSSR count). The first-order valence-corrected chi connectivity index (χ1v) is 10.8. The Kier molecular flexibility index (Phi) is 6.79. The summed E-state index contributed by atoms with van der Waals surface area (Å²) in [5.41, 5.74) is 6.31. The lowest BCUT2D eigenvalue weighted by Crippen LogP contribution is -2.26. The summed E-state index contributed by atoms with van der Waals surface area (Å²) in [7, 11) is 1.70. The molecule has 31 heavy (non-hydrogen) atoms. The second-order valence-corrected chi connectivity index (χ2v) is 7.80. The topological polar surface area (TPSA) is 58.9 Å². The van der Waals surface area contributed by atoms with Gasteiger partial charge in [-0.3, -0.25) is 0 Å². The van der Waals surface area contributed by atoms with Crippen molar-refractivity contribution in [3.05, 3.63) is 81.9 Å². The average molecular weight is 421 g/mol. The van der Waals surface area contributed by atoms with Crippen molar-refractivity contribution in [2.24, 2.45) is 0 Å². The summed E-state index contributed by atoms with van der Waals surface area (Å²) in [4.78, 5) is 0. The van der Waals surface area contributed by atoms with Gasteiger partial charge in [-0.05, 0) is 61.2 Å². The van der Waals surface area contributed by atoms with E-state index < -0.39 is 0 Å². The molecule has 164 valence electrons. The number of hydrogen-bond donors (Lipinski definition) is 2. The minimum absolute atomic E-state index is 0.0610. The van der Waals surface area contributed by atoms with Gasteiger partial charge in [0.2, 0.25) is 0 Å². The zero-order valence-electron chi connectivity index (χ0n) is 19.2. The molecule has 2 unspecified atom stereocenters. The molecule has 4 heteroatoms. The quantitative estimate of drug-likeness (QED) is 0.517. The Hall–Kier alpha value is -3.14. The van der Waals surface area contributed by atoms with Crippen molar-refractivity contribution in [3.63, 3.8) is 0 Å². The highest BCUT2D eigenvalue weighted by molar-refractivity contribution is 5.57. The van der Waals surface area contributed by atoms with Gasteiger partial charge >= 0.3 is 0 Å². The minimum atomic E-state index is 0.0610. The molecule has 0 bridgehead atoms. The normalized spacial score (nSPS) is 17.1. The van der Waals surface area contributed by atoms with E-state index in [1.54, 1.807) is 25.3 Å². The lowest BCUT2D eigenvalue weighted by atomic mass is 9.74. The van der Waals surface area contributed by atoms with Crippen molar-refractivity contribution in [1.29, 1.82) is 0 Å². The van der Waals surface area contributed by atoms with Crippen LogP contribution in [0.1, 0.15) is 59.1 Å². The first kappa shape index (κ1) is 22.5. The summed E-state index contributed by atoms with van der Waals surface area (Å²) < 4.78 is 11.7. The highest BCUT2D eigenvalue weighted by Gasteiger charge is 2.35. The van der Waals surface area contributed by atoms with E-state index in [1.807, 2.05) is 39.0 Å². The highest BCUT2D eigenvalue weighted by atomic mass is 16.5. The smallest absolute Gasteiger partial charge is 0.129 e. The monoisotopic (exact) mass is 420 g/mol. The molecule has 0 amide bonds. The van der Waals surface area contributed by atoms with Gasteiger partial charge < -0.3 is 19.7 Å². The van der Waals surface area contributed by atoms with Crippen molar-refractivity contribution >= 4 is 0 Å². The number of fused-ring (bicyclic) bond motifs is 1. The number of hydrogen-bond acceptors (Lipinski definition) is 4. The SMILES string of the molecule is CC.COc1c(C)cc(C2c3ccc(O)c(C)c3OCC2c2ccc(O)cc2)cc1C. The van der Waals surface area contributed by atoms with Gasteiger partial charge in [0.05, 0.1) is 13.7 Å². The van der Waals surface area contributed by atoms with Crippen LogP contribution in [0.25, 0.3) is 0 Å². The summed E-state index contributed by atoms with van der Waals surface area (Å²) in [5, 5.41) is 19.9. The van der Waals surface area contributed by atoms with Crippen LogP contribution in [0, 0.1) is 20.8 Å². The predicted molar refractivity (Wildman–Crippen MR) is 125 cm³/mol. The fourth-order valence-corrected chi connectivity index (χ4v) is 4.53. The number of phenolic OH excluding ortho intramolecular Hbond substituents is 2. The van der Waals surface area contributed by atoms with E-state index in [4.69, 9.17) is 9.47 Å². The van der Waals surface area contributed by atoms with E-state index in [9.17, 15) is 10.2 Å². The third-order valence-electron chi connectivity index (χ3n) is 5.92. The molecule has 0 spiro atoms. The maximum absolute atomic E-state index is 10.2. The number of phenols is 2. The molecule has 1 aliphatic heterocycles. The van der Waals surface area contributed by atoms with Crippen molar-refractivity contribution in [2.45, 2.75) is 46.5 Å². The molecule has 0 saturated heterocycles. The van der Waals surface area contributed by atoms with E-state index in [0.29, 0.717) is 6.61 Å². The van der Waals surface area contributed by atoms with Crippen LogP contribution in [-0.4, -0.2) is 23.9 Å². The fraction of sp³-hybridized carbons (Fsp3) is 0.333. The van der Waals surface area contributed by atoms with Crippen LogP contribution in [0.15, 0.2) is 48.5 Å². The van der Waals surface area contributed by atoms with E-state index in [-0.39, 0.29) is 23.3 Å². The molecule has 3 aromatic rings. The molecule has 3 aromatic carbocycles. The van der Waals surface area contributed by atoms with Crippen LogP contribution < -0.4 is 9.47 Å². The molecule has 2 atom stereocenters. The third-order valence-corrected chi connectivity index (χ3v) is 5.92. The van der Waals surface area contributed by atoms with Gasteiger partial charge in [-0.2, -0.15) is 0 Å². The Bertz CT molecular complexity index is 1030. The Morgan fingerprint density at radius 3 is 2.06 bits per heavy atom. The summed E-state index contributed by atoms with van der Waals surface area (Å²) in [6.45, 7) is 10.5. The Labute approximate surface area is 185 Å². The molecule has 2 N–H and O–H groups in total. The molecular weight excluding hydrogens is 388 g/mol. The van der Waals surface area contributed by atoms with Gasteiger partial charge in [0.15, 0.2) is 0 Å². The summed E-state index contributed by atoms with van der Waals surface area (Å²) >= 11 is 0. The van der Waals surface area contributed by atoms with Gasteiger partial charge in [0.25, 0.3) is 0 Å². The van der Waals surface area contributed by atoms with Crippen LogP contribution in [-0.2, 0) is 0 Å².